The van der Waals surface area contributed by atoms with Crippen molar-refractivity contribution in [3.8, 4) is 0 Å². The Bertz CT molecular complexity index is 462. The highest BCUT2D eigenvalue weighted by molar-refractivity contribution is 5.24. The molecule has 1 saturated heterocycles. The lowest BCUT2D eigenvalue weighted by molar-refractivity contribution is -0.285. The van der Waals surface area contributed by atoms with E-state index in [1.54, 1.807) is 21.1 Å². The fraction of sp³-hybridized carbons (Fsp3) is 0.647. The van der Waals surface area contributed by atoms with E-state index in [0.717, 1.165) is 5.56 Å². The first-order valence-corrected chi connectivity index (χ1v) is 7.62. The van der Waals surface area contributed by atoms with E-state index in [4.69, 9.17) is 18.9 Å². The van der Waals surface area contributed by atoms with Crippen LogP contribution in [0.4, 0.5) is 0 Å². The molecule has 5 atom stereocenters. The summed E-state index contributed by atoms with van der Waals surface area (Å²) in [6.45, 7) is 4.25. The molecule has 1 aromatic carbocycles. The van der Waals surface area contributed by atoms with Gasteiger partial charge in [0.2, 0.25) is 0 Å². The van der Waals surface area contributed by atoms with E-state index in [-0.39, 0.29) is 12.2 Å². The molecule has 2 rings (SSSR count). The Balaban J connectivity index is 2.01. The summed E-state index contributed by atoms with van der Waals surface area (Å²) < 4.78 is 22.6. The lowest BCUT2D eigenvalue weighted by Crippen LogP contribution is -2.53. The number of benzene rings is 1. The molecule has 0 radical (unpaired) electrons. The topological polar surface area (TPSA) is 57.2 Å². The Morgan fingerprint density at radius 2 is 1.95 bits per heavy atom. The van der Waals surface area contributed by atoms with Crippen LogP contribution in [0.3, 0.4) is 0 Å². The smallest absolute Gasteiger partial charge is 0.184 e. The first kappa shape index (κ1) is 17.4. The monoisotopic (exact) mass is 310 g/mol. The van der Waals surface area contributed by atoms with Gasteiger partial charge in [0.05, 0.1) is 18.8 Å². The van der Waals surface area contributed by atoms with Crippen LogP contribution in [-0.2, 0) is 25.6 Å². The Hall–Kier alpha value is -0.980. The zero-order chi connectivity index (χ0) is 16.1. The number of aryl methyl sites for hydroxylation is 1. The second-order valence-corrected chi connectivity index (χ2v) is 5.73. The molecule has 0 bridgehead atoms. The van der Waals surface area contributed by atoms with Gasteiger partial charge in [0.1, 0.15) is 12.2 Å². The molecular formula is C17H26O5. The fourth-order valence-electron chi connectivity index (χ4n) is 2.78. The van der Waals surface area contributed by atoms with Gasteiger partial charge in [-0.15, -0.1) is 0 Å². The molecule has 0 unspecified atom stereocenters. The van der Waals surface area contributed by atoms with Gasteiger partial charge >= 0.3 is 0 Å². The zero-order valence-corrected chi connectivity index (χ0v) is 13.7. The van der Waals surface area contributed by atoms with Gasteiger partial charge in [0.25, 0.3) is 0 Å². The van der Waals surface area contributed by atoms with E-state index in [0.29, 0.717) is 13.0 Å². The van der Waals surface area contributed by atoms with E-state index < -0.39 is 18.5 Å². The van der Waals surface area contributed by atoms with Crippen molar-refractivity contribution in [1.29, 1.82) is 0 Å². The number of aliphatic hydroxyl groups is 1. The van der Waals surface area contributed by atoms with Gasteiger partial charge in [0.15, 0.2) is 6.29 Å². The third-order valence-electron chi connectivity index (χ3n) is 4.15. The van der Waals surface area contributed by atoms with Gasteiger partial charge in [-0.3, -0.25) is 0 Å². The normalized spacial score (nSPS) is 30.2. The number of methoxy groups -OCH3 is 2. The van der Waals surface area contributed by atoms with E-state index >= 15 is 0 Å². The molecule has 5 nitrogen and oxygen atoms in total. The molecule has 1 fully saturated rings. The van der Waals surface area contributed by atoms with Crippen molar-refractivity contribution in [2.45, 2.75) is 57.6 Å². The molecule has 5 heteroatoms. The summed E-state index contributed by atoms with van der Waals surface area (Å²) in [6.07, 6.45) is -1.36. The van der Waals surface area contributed by atoms with Gasteiger partial charge < -0.3 is 24.1 Å². The number of hydrogen-bond acceptors (Lipinski definition) is 5. The van der Waals surface area contributed by atoms with Crippen molar-refractivity contribution in [2.75, 3.05) is 14.2 Å². The summed E-state index contributed by atoms with van der Waals surface area (Å²) in [4.78, 5) is 0. The lowest BCUT2D eigenvalue weighted by Gasteiger charge is -2.41. The van der Waals surface area contributed by atoms with Crippen molar-refractivity contribution in [2.24, 2.45) is 0 Å². The van der Waals surface area contributed by atoms with Crippen molar-refractivity contribution < 1.29 is 24.1 Å². The lowest BCUT2D eigenvalue weighted by atomic mass is 9.98. The molecule has 124 valence electrons. The standard InChI is InChI=1S/C17H26O5/c1-11-7-5-6-8-13(11)10-21-15-9-14(19-3)16(12(2)18)22-17(15)20-4/h5-8,12,14-18H,9-10H2,1-4H3/t12-,14-,15+,16+,17-/m1/s1. The molecule has 1 aromatic rings. The van der Waals surface area contributed by atoms with Gasteiger partial charge in [0, 0.05) is 20.6 Å². The van der Waals surface area contributed by atoms with Crippen LogP contribution in [0.2, 0.25) is 0 Å². The van der Waals surface area contributed by atoms with Crippen molar-refractivity contribution in [3.63, 3.8) is 0 Å². The van der Waals surface area contributed by atoms with Gasteiger partial charge in [-0.2, -0.15) is 0 Å². The predicted molar refractivity (Wildman–Crippen MR) is 82.5 cm³/mol. The molecule has 0 amide bonds. The Labute approximate surface area is 132 Å². The summed E-state index contributed by atoms with van der Waals surface area (Å²) in [6, 6.07) is 8.12. The second kappa shape index (κ2) is 8.04. The van der Waals surface area contributed by atoms with Gasteiger partial charge in [-0.1, -0.05) is 24.3 Å². The minimum absolute atomic E-state index is 0.215. The first-order chi connectivity index (χ1) is 10.6. The fourth-order valence-corrected chi connectivity index (χ4v) is 2.78. The van der Waals surface area contributed by atoms with Crippen LogP contribution >= 0.6 is 0 Å². The molecule has 1 heterocycles. The molecule has 22 heavy (non-hydrogen) atoms. The highest BCUT2D eigenvalue weighted by Crippen LogP contribution is 2.28. The summed E-state index contributed by atoms with van der Waals surface area (Å²) >= 11 is 0. The van der Waals surface area contributed by atoms with E-state index in [9.17, 15) is 5.11 Å². The summed E-state index contributed by atoms with van der Waals surface area (Å²) in [5.74, 6) is 0. The molecule has 1 N–H and O–H groups in total. The molecule has 0 aliphatic carbocycles. The minimum Gasteiger partial charge on any atom is -0.391 e. The van der Waals surface area contributed by atoms with Gasteiger partial charge in [-0.25, -0.2) is 0 Å². The van der Waals surface area contributed by atoms with E-state index in [1.165, 1.54) is 5.56 Å². The average molecular weight is 310 g/mol. The highest BCUT2D eigenvalue weighted by atomic mass is 16.7. The minimum atomic E-state index is -0.625. The molecular weight excluding hydrogens is 284 g/mol. The number of ether oxygens (including phenoxy) is 4. The summed E-state index contributed by atoms with van der Waals surface area (Å²) in [5.41, 5.74) is 2.34. The maximum absolute atomic E-state index is 9.82. The van der Waals surface area contributed by atoms with Crippen LogP contribution in [0.1, 0.15) is 24.5 Å². The van der Waals surface area contributed by atoms with Crippen LogP contribution in [0, 0.1) is 6.92 Å². The Kier molecular flexibility index (Phi) is 6.35. The molecule has 0 spiro atoms. The molecule has 1 aliphatic heterocycles. The largest absolute Gasteiger partial charge is 0.391 e. The van der Waals surface area contributed by atoms with Crippen LogP contribution in [0.15, 0.2) is 24.3 Å². The maximum Gasteiger partial charge on any atom is 0.184 e. The Morgan fingerprint density at radius 3 is 2.55 bits per heavy atom. The SMILES string of the molecule is CO[C@@H]1O[C@@H]([C@@H](C)O)[C@H](OC)C[C@@H]1OCc1ccccc1C. The van der Waals surface area contributed by atoms with Crippen LogP contribution in [-0.4, -0.2) is 50.0 Å². The van der Waals surface area contributed by atoms with E-state index in [2.05, 4.69) is 13.0 Å². The third kappa shape index (κ3) is 4.06. The Morgan fingerprint density at radius 1 is 1.23 bits per heavy atom. The number of rotatable bonds is 6. The third-order valence-corrected chi connectivity index (χ3v) is 4.15. The summed E-state index contributed by atoms with van der Waals surface area (Å²) in [7, 11) is 3.20. The summed E-state index contributed by atoms with van der Waals surface area (Å²) in [5, 5.41) is 9.82. The number of aliphatic hydroxyl groups excluding tert-OH is 1. The van der Waals surface area contributed by atoms with Crippen molar-refractivity contribution in [3.05, 3.63) is 35.4 Å². The van der Waals surface area contributed by atoms with Crippen LogP contribution < -0.4 is 0 Å². The molecule has 0 aromatic heterocycles. The van der Waals surface area contributed by atoms with Crippen LogP contribution in [0.25, 0.3) is 0 Å². The average Bonchev–Trinajstić information content (AvgIpc) is 2.53. The van der Waals surface area contributed by atoms with E-state index in [1.807, 2.05) is 18.2 Å². The predicted octanol–water partition coefficient (Wildman–Crippen LogP) is 2.04. The maximum atomic E-state index is 9.82. The number of hydrogen-bond donors (Lipinski definition) is 1. The second-order valence-electron chi connectivity index (χ2n) is 5.73. The molecule has 0 saturated carbocycles. The van der Waals surface area contributed by atoms with Crippen molar-refractivity contribution in [1.82, 2.24) is 0 Å². The molecule has 1 aliphatic rings. The van der Waals surface area contributed by atoms with Gasteiger partial charge in [-0.05, 0) is 25.0 Å². The quantitative estimate of drug-likeness (QED) is 0.871. The zero-order valence-electron chi connectivity index (χ0n) is 13.7. The highest BCUT2D eigenvalue weighted by Gasteiger charge is 2.41. The van der Waals surface area contributed by atoms with Crippen molar-refractivity contribution >= 4 is 0 Å². The first-order valence-electron chi connectivity index (χ1n) is 7.62. The van der Waals surface area contributed by atoms with Crippen LogP contribution in [0.5, 0.6) is 0 Å².